The topological polar surface area (TPSA) is 42.2 Å². The van der Waals surface area contributed by atoms with Crippen LogP contribution in [-0.4, -0.2) is 9.67 Å². The van der Waals surface area contributed by atoms with E-state index in [1.165, 1.54) is 0 Å². The average Bonchev–Trinajstić information content (AvgIpc) is 2.45. The van der Waals surface area contributed by atoms with Gasteiger partial charge in [-0.15, -0.1) is 0 Å². The molecule has 0 atom stereocenters. The van der Waals surface area contributed by atoms with Gasteiger partial charge in [-0.1, -0.05) is 43.7 Å². The van der Waals surface area contributed by atoms with Crippen molar-refractivity contribution in [2.45, 2.75) is 45.8 Å². The molecule has 0 spiro atoms. The summed E-state index contributed by atoms with van der Waals surface area (Å²) in [6.07, 6.45) is 1.96. The molecule has 1 heterocycles. The summed E-state index contributed by atoms with van der Waals surface area (Å²) in [4.78, 5) is 12.7. The predicted octanol–water partition coefficient (Wildman–Crippen LogP) is 3.54. The van der Waals surface area contributed by atoms with Crippen LogP contribution in [0.2, 0.25) is 0 Å². The summed E-state index contributed by atoms with van der Waals surface area (Å²) < 4.78 is 1.78. The number of unbranched alkanes of at least 4 members (excludes halogenated alkanes) is 1. The van der Waals surface area contributed by atoms with E-state index in [1.54, 1.807) is 24.5 Å². The second kappa shape index (κ2) is 6.27. The number of hydrogen-bond acceptors (Lipinski definition) is 2. The monoisotopic (exact) mass is 285 g/mol. The van der Waals surface area contributed by atoms with Crippen LogP contribution in [0.1, 0.15) is 39.2 Å². The van der Waals surface area contributed by atoms with E-state index >= 15 is 0 Å². The van der Waals surface area contributed by atoms with Gasteiger partial charge in [-0.3, -0.25) is 4.79 Å². The number of aliphatic hydroxyl groups is 1. The number of rotatable bonds is 5. The van der Waals surface area contributed by atoms with Gasteiger partial charge < -0.3 is 9.67 Å². The highest BCUT2D eigenvalue weighted by Gasteiger charge is 2.22. The minimum absolute atomic E-state index is 0.0997. The molecule has 112 valence electrons. The lowest BCUT2D eigenvalue weighted by Gasteiger charge is -2.21. The molecule has 3 heteroatoms. The maximum absolute atomic E-state index is 12.7. The average molecular weight is 285 g/mol. The summed E-state index contributed by atoms with van der Waals surface area (Å²) in [6.45, 7) is 6.07. The van der Waals surface area contributed by atoms with Crippen molar-refractivity contribution < 1.29 is 5.11 Å². The Morgan fingerprint density at radius 1 is 1.10 bits per heavy atom. The predicted molar refractivity (Wildman–Crippen MR) is 86.3 cm³/mol. The van der Waals surface area contributed by atoms with Crippen LogP contribution in [-0.2, 0) is 12.1 Å². The lowest BCUT2D eigenvalue weighted by molar-refractivity contribution is 0.0765. The molecule has 1 N–H and O–H groups in total. The molecule has 0 fully saturated rings. The molecule has 0 saturated heterocycles. The fourth-order valence-corrected chi connectivity index (χ4v) is 2.44. The maximum Gasteiger partial charge on any atom is 0.257 e. The summed E-state index contributed by atoms with van der Waals surface area (Å²) in [5.74, 6) is 0. The van der Waals surface area contributed by atoms with E-state index in [0.29, 0.717) is 12.1 Å². The molecule has 2 rings (SSSR count). The molecule has 1 aromatic heterocycles. The molecule has 0 unspecified atom stereocenters. The Balaban J connectivity index is 2.61. The van der Waals surface area contributed by atoms with Gasteiger partial charge in [-0.2, -0.15) is 0 Å². The van der Waals surface area contributed by atoms with E-state index in [-0.39, 0.29) is 5.56 Å². The van der Waals surface area contributed by atoms with Crippen molar-refractivity contribution in [2.75, 3.05) is 0 Å². The molecular weight excluding hydrogens is 262 g/mol. The third-order valence-corrected chi connectivity index (χ3v) is 3.64. The van der Waals surface area contributed by atoms with Gasteiger partial charge >= 0.3 is 0 Å². The fraction of sp³-hybridized carbons (Fsp3) is 0.389. The Morgan fingerprint density at radius 3 is 2.33 bits per heavy atom. The van der Waals surface area contributed by atoms with Gasteiger partial charge in [0, 0.05) is 12.1 Å². The van der Waals surface area contributed by atoms with Crippen LogP contribution in [0.25, 0.3) is 11.3 Å². The fourth-order valence-electron chi connectivity index (χ4n) is 2.44. The Kier molecular flexibility index (Phi) is 4.63. The molecule has 1 aromatic carbocycles. The molecule has 0 aliphatic heterocycles. The van der Waals surface area contributed by atoms with Crippen molar-refractivity contribution in [3.05, 3.63) is 58.4 Å². The Labute approximate surface area is 125 Å². The first-order valence-electron chi connectivity index (χ1n) is 7.47. The standard InChI is InChI=1S/C18H23NO2/c1-4-5-13-19-16(14-9-7-6-8-10-14)12-11-15(17(19)20)18(2,3)21/h6-12,21H,4-5,13H2,1-3H3. The van der Waals surface area contributed by atoms with Crippen LogP contribution in [0, 0.1) is 0 Å². The molecule has 21 heavy (non-hydrogen) atoms. The number of nitrogens with zero attached hydrogens (tertiary/aromatic N) is 1. The zero-order valence-corrected chi connectivity index (χ0v) is 13.0. The van der Waals surface area contributed by atoms with Crippen molar-refractivity contribution in [3.63, 3.8) is 0 Å². The highest BCUT2D eigenvalue weighted by molar-refractivity contribution is 5.59. The third-order valence-electron chi connectivity index (χ3n) is 3.64. The number of hydrogen-bond donors (Lipinski definition) is 1. The van der Waals surface area contributed by atoms with E-state index in [4.69, 9.17) is 0 Å². The van der Waals surface area contributed by atoms with Crippen LogP contribution in [0.4, 0.5) is 0 Å². The minimum Gasteiger partial charge on any atom is -0.386 e. The number of benzene rings is 1. The zero-order valence-electron chi connectivity index (χ0n) is 13.0. The summed E-state index contributed by atoms with van der Waals surface area (Å²) in [6, 6.07) is 13.6. The van der Waals surface area contributed by atoms with Crippen LogP contribution in [0.5, 0.6) is 0 Å². The Bertz CT molecular complexity index is 651. The van der Waals surface area contributed by atoms with Crippen LogP contribution in [0.3, 0.4) is 0 Å². The summed E-state index contributed by atoms with van der Waals surface area (Å²) in [5.41, 5.74) is 1.14. The summed E-state index contributed by atoms with van der Waals surface area (Å²) in [7, 11) is 0. The lowest BCUT2D eigenvalue weighted by atomic mass is 9.98. The second-order valence-electron chi connectivity index (χ2n) is 5.87. The lowest BCUT2D eigenvalue weighted by Crippen LogP contribution is -2.32. The van der Waals surface area contributed by atoms with Gasteiger partial charge in [0.15, 0.2) is 0 Å². The van der Waals surface area contributed by atoms with Crippen LogP contribution in [0.15, 0.2) is 47.3 Å². The van der Waals surface area contributed by atoms with Gasteiger partial charge in [-0.05, 0) is 38.0 Å². The van der Waals surface area contributed by atoms with E-state index in [1.807, 2.05) is 36.4 Å². The first-order chi connectivity index (χ1) is 9.95. The van der Waals surface area contributed by atoms with E-state index in [9.17, 15) is 9.90 Å². The molecule has 2 aromatic rings. The molecule has 0 radical (unpaired) electrons. The highest BCUT2D eigenvalue weighted by atomic mass is 16.3. The normalized spacial score (nSPS) is 11.6. The molecule has 0 aliphatic rings. The van der Waals surface area contributed by atoms with Crippen LogP contribution >= 0.6 is 0 Å². The molecular formula is C18H23NO2. The zero-order chi connectivity index (χ0) is 15.5. The number of aromatic nitrogens is 1. The second-order valence-corrected chi connectivity index (χ2v) is 5.87. The smallest absolute Gasteiger partial charge is 0.257 e. The van der Waals surface area contributed by atoms with Gasteiger partial charge in [0.1, 0.15) is 0 Å². The van der Waals surface area contributed by atoms with Crippen molar-refractivity contribution in [3.8, 4) is 11.3 Å². The van der Waals surface area contributed by atoms with Crippen molar-refractivity contribution in [1.82, 2.24) is 4.57 Å². The van der Waals surface area contributed by atoms with E-state index < -0.39 is 5.60 Å². The van der Waals surface area contributed by atoms with Crippen molar-refractivity contribution in [1.29, 1.82) is 0 Å². The van der Waals surface area contributed by atoms with Gasteiger partial charge in [0.25, 0.3) is 5.56 Å². The number of pyridine rings is 1. The molecule has 0 amide bonds. The van der Waals surface area contributed by atoms with E-state index in [0.717, 1.165) is 24.1 Å². The van der Waals surface area contributed by atoms with Crippen LogP contribution < -0.4 is 5.56 Å². The minimum atomic E-state index is -1.12. The third kappa shape index (κ3) is 3.42. The quantitative estimate of drug-likeness (QED) is 0.913. The molecule has 0 saturated carbocycles. The first kappa shape index (κ1) is 15.5. The SMILES string of the molecule is CCCCn1c(-c2ccccc2)ccc(C(C)(C)O)c1=O. The highest BCUT2D eigenvalue weighted by Crippen LogP contribution is 2.22. The van der Waals surface area contributed by atoms with Gasteiger partial charge in [-0.25, -0.2) is 0 Å². The summed E-state index contributed by atoms with van der Waals surface area (Å²) in [5, 5.41) is 10.2. The van der Waals surface area contributed by atoms with E-state index in [2.05, 4.69) is 6.92 Å². The Morgan fingerprint density at radius 2 is 1.76 bits per heavy atom. The Hall–Kier alpha value is -1.87. The molecule has 0 bridgehead atoms. The summed E-state index contributed by atoms with van der Waals surface area (Å²) >= 11 is 0. The van der Waals surface area contributed by atoms with Crippen molar-refractivity contribution in [2.24, 2.45) is 0 Å². The van der Waals surface area contributed by atoms with Gasteiger partial charge in [0.2, 0.25) is 0 Å². The maximum atomic E-state index is 12.7. The van der Waals surface area contributed by atoms with Gasteiger partial charge in [0.05, 0.1) is 11.3 Å². The largest absolute Gasteiger partial charge is 0.386 e. The first-order valence-corrected chi connectivity index (χ1v) is 7.47. The molecule has 0 aliphatic carbocycles. The van der Waals surface area contributed by atoms with Crippen molar-refractivity contribution >= 4 is 0 Å². The molecule has 3 nitrogen and oxygen atoms in total.